The summed E-state index contributed by atoms with van der Waals surface area (Å²) in [6, 6.07) is 7.08. The average Bonchev–Trinajstić information content (AvgIpc) is 3.21. The molecule has 2 aromatic rings. The molecule has 1 aliphatic heterocycles. The molecule has 1 aromatic heterocycles. The van der Waals surface area contributed by atoms with Crippen LogP contribution in [0.5, 0.6) is 5.75 Å². The van der Waals surface area contributed by atoms with Gasteiger partial charge in [-0.1, -0.05) is 11.8 Å². The second-order valence-electron chi connectivity index (χ2n) is 6.06. The van der Waals surface area contributed by atoms with Crippen LogP contribution in [0.15, 0.2) is 29.4 Å². The minimum atomic E-state index is -3.02. The predicted molar refractivity (Wildman–Crippen MR) is 98.9 cm³/mol. The van der Waals surface area contributed by atoms with Gasteiger partial charge in [0.15, 0.2) is 15.7 Å². The second kappa shape index (κ2) is 7.67. The van der Waals surface area contributed by atoms with Crippen molar-refractivity contribution in [2.45, 2.75) is 29.8 Å². The Bertz CT molecular complexity index is 880. The van der Waals surface area contributed by atoms with Gasteiger partial charge in [0.25, 0.3) is 0 Å². The van der Waals surface area contributed by atoms with Gasteiger partial charge in [-0.25, -0.2) is 13.4 Å². The van der Waals surface area contributed by atoms with E-state index in [1.54, 1.807) is 14.0 Å². The lowest BCUT2D eigenvalue weighted by atomic mass is 10.2. The topological polar surface area (TPSA) is 114 Å². The van der Waals surface area contributed by atoms with Gasteiger partial charge in [-0.05, 0) is 37.6 Å². The first-order valence-corrected chi connectivity index (χ1v) is 10.8. The molecule has 1 aromatic carbocycles. The number of thioether (sulfide) groups is 1. The molecule has 0 spiro atoms. The lowest BCUT2D eigenvalue weighted by Gasteiger charge is -2.14. The number of aromatic amines is 1. The first-order chi connectivity index (χ1) is 12.4. The SMILES string of the molecule is COc1ccc(-c2nc(S[C@H](C)C(=O)N[C@@H]3CCS(=O)(=O)C3)n[nH]2)cc1. The number of hydrogen-bond acceptors (Lipinski definition) is 7. The van der Waals surface area contributed by atoms with Crippen LogP contribution in [0.4, 0.5) is 0 Å². The Morgan fingerprint density at radius 1 is 1.38 bits per heavy atom. The molecule has 26 heavy (non-hydrogen) atoms. The Hall–Kier alpha value is -2.07. The monoisotopic (exact) mass is 396 g/mol. The smallest absolute Gasteiger partial charge is 0.233 e. The van der Waals surface area contributed by atoms with E-state index < -0.39 is 15.1 Å². The fourth-order valence-electron chi connectivity index (χ4n) is 2.62. The first-order valence-electron chi connectivity index (χ1n) is 8.10. The quantitative estimate of drug-likeness (QED) is 0.707. The van der Waals surface area contributed by atoms with E-state index >= 15 is 0 Å². The molecule has 140 valence electrons. The first kappa shape index (κ1) is 18.7. The normalized spacial score (nSPS) is 19.8. The third-order valence-corrected chi connectivity index (χ3v) is 6.79. The number of methoxy groups -OCH3 is 1. The van der Waals surface area contributed by atoms with E-state index in [2.05, 4.69) is 20.5 Å². The molecule has 2 atom stereocenters. The highest BCUT2D eigenvalue weighted by molar-refractivity contribution is 8.00. The highest BCUT2D eigenvalue weighted by Crippen LogP contribution is 2.24. The van der Waals surface area contributed by atoms with Crippen molar-refractivity contribution in [1.82, 2.24) is 20.5 Å². The molecule has 2 heterocycles. The highest BCUT2D eigenvalue weighted by atomic mass is 32.2. The van der Waals surface area contributed by atoms with Crippen molar-refractivity contribution < 1.29 is 17.9 Å². The van der Waals surface area contributed by atoms with Gasteiger partial charge in [0, 0.05) is 11.6 Å². The van der Waals surface area contributed by atoms with Crippen molar-refractivity contribution in [3.05, 3.63) is 24.3 Å². The van der Waals surface area contributed by atoms with Crippen molar-refractivity contribution in [1.29, 1.82) is 0 Å². The van der Waals surface area contributed by atoms with E-state index in [0.717, 1.165) is 11.3 Å². The number of nitrogens with one attached hydrogen (secondary N) is 2. The zero-order valence-corrected chi connectivity index (χ0v) is 16.1. The van der Waals surface area contributed by atoms with Crippen LogP contribution in [0.2, 0.25) is 0 Å². The van der Waals surface area contributed by atoms with E-state index in [1.165, 1.54) is 11.8 Å². The number of sulfone groups is 1. The van der Waals surface area contributed by atoms with Crippen molar-refractivity contribution in [2.24, 2.45) is 0 Å². The van der Waals surface area contributed by atoms with Gasteiger partial charge in [0.05, 0.1) is 23.9 Å². The summed E-state index contributed by atoms with van der Waals surface area (Å²) in [6.45, 7) is 1.74. The number of carbonyl (C=O) groups excluding carboxylic acids is 1. The van der Waals surface area contributed by atoms with Crippen molar-refractivity contribution >= 4 is 27.5 Å². The van der Waals surface area contributed by atoms with Crippen LogP contribution in [0.25, 0.3) is 11.4 Å². The fourth-order valence-corrected chi connectivity index (χ4v) is 5.02. The van der Waals surface area contributed by atoms with Crippen LogP contribution in [0.1, 0.15) is 13.3 Å². The molecule has 0 radical (unpaired) electrons. The molecule has 1 aliphatic rings. The Morgan fingerprint density at radius 3 is 2.73 bits per heavy atom. The molecule has 1 amide bonds. The summed E-state index contributed by atoms with van der Waals surface area (Å²) in [7, 11) is -1.42. The maximum atomic E-state index is 12.3. The van der Waals surface area contributed by atoms with E-state index in [4.69, 9.17) is 4.74 Å². The molecule has 1 fully saturated rings. The fraction of sp³-hybridized carbons (Fsp3) is 0.438. The van der Waals surface area contributed by atoms with Crippen molar-refractivity contribution in [2.75, 3.05) is 18.6 Å². The summed E-state index contributed by atoms with van der Waals surface area (Å²) in [5.41, 5.74) is 0.860. The zero-order valence-electron chi connectivity index (χ0n) is 14.4. The van der Waals surface area contributed by atoms with Crippen LogP contribution < -0.4 is 10.1 Å². The number of ether oxygens (including phenoxy) is 1. The molecule has 8 nitrogen and oxygen atoms in total. The highest BCUT2D eigenvalue weighted by Gasteiger charge is 2.30. The van der Waals surface area contributed by atoms with Crippen molar-refractivity contribution in [3.63, 3.8) is 0 Å². The van der Waals surface area contributed by atoms with Gasteiger partial charge in [-0.3, -0.25) is 9.89 Å². The molecular weight excluding hydrogens is 376 g/mol. The Kier molecular flexibility index (Phi) is 5.52. The Balaban J connectivity index is 1.58. The minimum absolute atomic E-state index is 0.0123. The summed E-state index contributed by atoms with van der Waals surface area (Å²) in [4.78, 5) is 16.6. The van der Waals surface area contributed by atoms with Gasteiger partial charge in [0.2, 0.25) is 11.1 Å². The third-order valence-electron chi connectivity index (χ3n) is 4.06. The molecular formula is C16H20N4O4S2. The van der Waals surface area contributed by atoms with E-state index in [0.29, 0.717) is 17.4 Å². The number of H-pyrrole nitrogens is 1. The summed E-state index contributed by atoms with van der Waals surface area (Å²) in [5, 5.41) is 9.80. The number of benzene rings is 1. The molecule has 0 unspecified atom stereocenters. The molecule has 3 rings (SSSR count). The third kappa shape index (κ3) is 4.55. The van der Waals surface area contributed by atoms with Crippen LogP contribution in [-0.2, 0) is 14.6 Å². The van der Waals surface area contributed by atoms with Gasteiger partial charge < -0.3 is 10.1 Å². The van der Waals surface area contributed by atoms with Crippen LogP contribution in [0.3, 0.4) is 0 Å². The maximum Gasteiger partial charge on any atom is 0.233 e. The van der Waals surface area contributed by atoms with Crippen molar-refractivity contribution in [3.8, 4) is 17.1 Å². The molecule has 0 saturated carbocycles. The number of amides is 1. The largest absolute Gasteiger partial charge is 0.497 e. The summed E-state index contributed by atoms with van der Waals surface area (Å²) in [5.74, 6) is 1.28. The number of aromatic nitrogens is 3. The van der Waals surface area contributed by atoms with E-state index in [1.807, 2.05) is 24.3 Å². The Morgan fingerprint density at radius 2 is 2.12 bits per heavy atom. The number of nitrogens with zero attached hydrogens (tertiary/aromatic N) is 2. The summed E-state index contributed by atoms with van der Waals surface area (Å²) < 4.78 is 28.1. The summed E-state index contributed by atoms with van der Waals surface area (Å²) in [6.07, 6.45) is 0.466. The second-order valence-corrected chi connectivity index (χ2v) is 9.60. The Labute approximate surface area is 156 Å². The average molecular weight is 396 g/mol. The van der Waals surface area contributed by atoms with Crippen LogP contribution >= 0.6 is 11.8 Å². The predicted octanol–water partition coefficient (Wildman–Crippen LogP) is 1.26. The maximum absolute atomic E-state index is 12.3. The minimum Gasteiger partial charge on any atom is -0.497 e. The number of carbonyl (C=O) groups is 1. The number of hydrogen-bond donors (Lipinski definition) is 2. The van der Waals surface area contributed by atoms with Gasteiger partial charge >= 0.3 is 0 Å². The van der Waals surface area contributed by atoms with E-state index in [-0.39, 0.29) is 23.5 Å². The van der Waals surface area contributed by atoms with Gasteiger partial charge in [-0.15, -0.1) is 5.10 Å². The molecule has 2 N–H and O–H groups in total. The van der Waals surface area contributed by atoms with Crippen LogP contribution in [-0.4, -0.2) is 59.4 Å². The van der Waals surface area contributed by atoms with Gasteiger partial charge in [0.1, 0.15) is 5.75 Å². The number of rotatable bonds is 6. The molecule has 10 heteroatoms. The van der Waals surface area contributed by atoms with Crippen LogP contribution in [0, 0.1) is 0 Å². The molecule has 0 bridgehead atoms. The van der Waals surface area contributed by atoms with Gasteiger partial charge in [-0.2, -0.15) is 0 Å². The molecule has 0 aliphatic carbocycles. The lowest BCUT2D eigenvalue weighted by molar-refractivity contribution is -0.120. The zero-order chi connectivity index (χ0) is 18.7. The lowest BCUT2D eigenvalue weighted by Crippen LogP contribution is -2.39. The molecule has 1 saturated heterocycles. The standard InChI is InChI=1S/C16H20N4O4S2/c1-10(15(21)17-12-7-8-26(22,23)9-12)25-16-18-14(19-20-16)11-3-5-13(24-2)6-4-11/h3-6,10,12H,7-9H2,1-2H3,(H,17,21)(H,18,19,20)/t10-,12-/m1/s1. The summed E-state index contributed by atoms with van der Waals surface area (Å²) >= 11 is 1.22. The van der Waals surface area contributed by atoms with E-state index in [9.17, 15) is 13.2 Å².